The summed E-state index contributed by atoms with van der Waals surface area (Å²) in [5, 5.41) is 40.5. The van der Waals surface area contributed by atoms with Crippen LogP contribution in [0.5, 0.6) is 11.5 Å². The van der Waals surface area contributed by atoms with E-state index in [0.29, 0.717) is 0 Å². The highest BCUT2D eigenvalue weighted by Gasteiger charge is 2.69. The first-order valence-electron chi connectivity index (χ1n) is 8.33. The molecule has 0 aromatic heterocycles. The van der Waals surface area contributed by atoms with Crippen LogP contribution in [0, 0.1) is 0 Å². The quantitative estimate of drug-likeness (QED) is 0.314. The summed E-state index contributed by atoms with van der Waals surface area (Å²) in [6.45, 7) is 0. The molecular weight excluding hydrogens is 436 g/mol. The van der Waals surface area contributed by atoms with Crippen molar-refractivity contribution in [3.8, 4) is 11.5 Å². The summed E-state index contributed by atoms with van der Waals surface area (Å²) in [5.41, 5.74) is -9.01. The van der Waals surface area contributed by atoms with Crippen LogP contribution in [0.3, 0.4) is 0 Å². The molecule has 10 nitrogen and oxygen atoms in total. The monoisotopic (exact) mass is 454 g/mol. The molecule has 166 valence electrons. The largest absolute Gasteiger partial charge is 0.497 e. The molecule has 31 heavy (non-hydrogen) atoms. The van der Waals surface area contributed by atoms with Crippen molar-refractivity contribution >= 4 is 35.9 Å². The zero-order valence-electron chi connectivity index (χ0n) is 16.3. The van der Waals surface area contributed by atoms with E-state index in [-0.39, 0.29) is 23.9 Å². The number of hydrogen-bond acceptors (Lipinski definition) is 8. The van der Waals surface area contributed by atoms with Gasteiger partial charge in [0.15, 0.2) is 0 Å². The molecule has 2 aromatic rings. The molecule has 0 spiro atoms. The number of carbonyl (C=O) groups is 4. The van der Waals surface area contributed by atoms with Crippen molar-refractivity contribution in [2.75, 3.05) is 14.2 Å². The van der Waals surface area contributed by atoms with Gasteiger partial charge in [0.05, 0.1) is 14.2 Å². The number of benzene rings is 2. The van der Waals surface area contributed by atoms with Gasteiger partial charge in [-0.15, -0.1) is 12.4 Å². The molecule has 0 unspecified atom stereocenters. The number of ether oxygens (including phenoxy) is 2. The van der Waals surface area contributed by atoms with Gasteiger partial charge in [0, 0.05) is 11.1 Å². The molecule has 0 fully saturated rings. The zero-order valence-corrected chi connectivity index (χ0v) is 17.1. The van der Waals surface area contributed by atoms with Gasteiger partial charge < -0.3 is 29.9 Å². The van der Waals surface area contributed by atoms with Crippen molar-refractivity contribution in [3.05, 3.63) is 59.7 Å². The van der Waals surface area contributed by atoms with Gasteiger partial charge in [-0.2, -0.15) is 0 Å². The Morgan fingerprint density at radius 2 is 0.903 bits per heavy atom. The molecule has 0 saturated carbocycles. The summed E-state index contributed by atoms with van der Waals surface area (Å²) in [4.78, 5) is 49.4. The van der Waals surface area contributed by atoms with E-state index < -0.39 is 45.8 Å². The summed E-state index contributed by atoms with van der Waals surface area (Å²) in [6, 6.07) is 9.21. The van der Waals surface area contributed by atoms with Crippen LogP contribution in [0.15, 0.2) is 48.5 Å². The van der Waals surface area contributed by atoms with Crippen LogP contribution in [-0.4, -0.2) is 69.4 Å². The summed E-state index contributed by atoms with van der Waals surface area (Å²) in [6.07, 6.45) is 0. The molecular formula is C20H19ClO10. The van der Waals surface area contributed by atoms with Crippen molar-refractivity contribution in [2.45, 2.75) is 11.2 Å². The Bertz CT molecular complexity index is 905. The minimum absolute atomic E-state index is 0. The van der Waals surface area contributed by atoms with Crippen LogP contribution >= 0.6 is 12.4 Å². The predicted octanol–water partition coefficient (Wildman–Crippen LogP) is 0.823. The second kappa shape index (κ2) is 9.56. The number of aliphatic carboxylic acids is 2. The van der Waals surface area contributed by atoms with Crippen molar-refractivity contribution in [1.82, 2.24) is 0 Å². The topological polar surface area (TPSA) is 168 Å². The molecule has 11 heteroatoms. The number of methoxy groups -OCH3 is 2. The second-order valence-corrected chi connectivity index (χ2v) is 6.15. The smallest absolute Gasteiger partial charge is 0.348 e. The molecule has 4 N–H and O–H groups in total. The molecule has 0 amide bonds. The number of Topliss-reactive ketones (excluding diaryl/α,β-unsaturated/α-hetero) is 2. The molecule has 2 rings (SSSR count). The van der Waals surface area contributed by atoms with Gasteiger partial charge in [-0.3, -0.25) is 9.59 Å². The maximum absolute atomic E-state index is 12.8. The lowest BCUT2D eigenvalue weighted by atomic mass is 9.73. The summed E-state index contributed by atoms with van der Waals surface area (Å²) in [7, 11) is 2.67. The van der Waals surface area contributed by atoms with Crippen LogP contribution in [0.2, 0.25) is 0 Å². The van der Waals surface area contributed by atoms with E-state index in [2.05, 4.69) is 0 Å². The van der Waals surface area contributed by atoms with E-state index in [1.807, 2.05) is 0 Å². The van der Waals surface area contributed by atoms with E-state index in [1.54, 1.807) is 0 Å². The Kier molecular flexibility index (Phi) is 7.88. The van der Waals surface area contributed by atoms with Gasteiger partial charge in [-0.1, -0.05) is 0 Å². The molecule has 0 heterocycles. The summed E-state index contributed by atoms with van der Waals surface area (Å²) < 4.78 is 9.81. The van der Waals surface area contributed by atoms with Gasteiger partial charge in [0.25, 0.3) is 11.2 Å². The van der Waals surface area contributed by atoms with Gasteiger partial charge in [-0.05, 0) is 48.5 Å². The Hall–Kier alpha value is -3.47. The van der Waals surface area contributed by atoms with Crippen molar-refractivity contribution in [3.63, 3.8) is 0 Å². The number of carbonyl (C=O) groups excluding carboxylic acids is 2. The Labute approximate surface area is 182 Å². The molecule has 0 saturated heterocycles. The molecule has 2 aromatic carbocycles. The van der Waals surface area contributed by atoms with Gasteiger partial charge in [-0.25, -0.2) is 9.59 Å². The maximum atomic E-state index is 12.8. The third-order valence-electron chi connectivity index (χ3n) is 4.50. The van der Waals surface area contributed by atoms with Crippen molar-refractivity contribution < 1.29 is 49.1 Å². The highest BCUT2D eigenvalue weighted by atomic mass is 35.5. The lowest BCUT2D eigenvalue weighted by Gasteiger charge is -2.34. The Morgan fingerprint density at radius 1 is 0.645 bits per heavy atom. The number of hydrogen-bond donors (Lipinski definition) is 4. The fourth-order valence-electron chi connectivity index (χ4n) is 2.73. The minimum Gasteiger partial charge on any atom is -0.497 e. The SMILES string of the molecule is COc1ccc(C(=O)[C@@](O)(C(=O)O)[C@](O)(C(=O)O)C(=O)c2ccc(OC)cc2)cc1.Cl. The fourth-order valence-corrected chi connectivity index (χ4v) is 2.73. The highest BCUT2D eigenvalue weighted by Crippen LogP contribution is 2.32. The lowest BCUT2D eigenvalue weighted by molar-refractivity contribution is -0.187. The normalized spacial score (nSPS) is 14.2. The molecule has 0 aliphatic rings. The average Bonchev–Trinajstić information content (AvgIpc) is 2.76. The standard InChI is InChI=1S/C20H18O10.ClH/c1-29-13-7-3-11(4-8-13)15(21)19(27,17(23)24)20(28,18(25)26)16(22)12-5-9-14(30-2)10-6-12;/h3-10,27-28H,1-2H3,(H,23,24)(H,25,26);1H/t19-,20-;/m1./s1. The van der Waals surface area contributed by atoms with Crippen molar-refractivity contribution in [1.29, 1.82) is 0 Å². The predicted molar refractivity (Wildman–Crippen MR) is 107 cm³/mol. The van der Waals surface area contributed by atoms with E-state index in [4.69, 9.17) is 9.47 Å². The number of aliphatic hydroxyl groups is 2. The van der Waals surface area contributed by atoms with Crippen molar-refractivity contribution in [2.24, 2.45) is 0 Å². The third-order valence-corrected chi connectivity index (χ3v) is 4.50. The molecule has 0 aliphatic carbocycles. The van der Waals surface area contributed by atoms with Crippen LogP contribution in [0.1, 0.15) is 20.7 Å². The van der Waals surface area contributed by atoms with E-state index in [0.717, 1.165) is 24.3 Å². The number of halogens is 1. The molecule has 0 aliphatic heterocycles. The highest BCUT2D eigenvalue weighted by molar-refractivity contribution is 6.28. The number of carboxylic acid groups (broad SMARTS) is 2. The molecule has 2 atom stereocenters. The number of rotatable bonds is 9. The van der Waals surface area contributed by atoms with Crippen LogP contribution in [0.4, 0.5) is 0 Å². The summed E-state index contributed by atoms with van der Waals surface area (Å²) in [5.74, 6) is -7.68. The van der Waals surface area contributed by atoms with Gasteiger partial charge >= 0.3 is 11.9 Å². The lowest BCUT2D eigenvalue weighted by Crippen LogP contribution is -2.71. The van der Waals surface area contributed by atoms with E-state index >= 15 is 0 Å². The summed E-state index contributed by atoms with van der Waals surface area (Å²) >= 11 is 0. The van der Waals surface area contributed by atoms with E-state index in [9.17, 15) is 39.6 Å². The molecule has 0 radical (unpaired) electrons. The maximum Gasteiger partial charge on any atom is 0.348 e. The van der Waals surface area contributed by atoms with E-state index in [1.165, 1.54) is 38.5 Å². The van der Waals surface area contributed by atoms with Gasteiger partial charge in [0.2, 0.25) is 11.6 Å². The first-order valence-corrected chi connectivity index (χ1v) is 8.33. The Balaban J connectivity index is 0.00000480. The average molecular weight is 455 g/mol. The van der Waals surface area contributed by atoms with Crippen LogP contribution < -0.4 is 9.47 Å². The zero-order chi connectivity index (χ0) is 22.7. The fraction of sp³-hybridized carbons (Fsp3) is 0.200. The number of carboxylic acids is 2. The first kappa shape index (κ1) is 25.6. The van der Waals surface area contributed by atoms with Crippen LogP contribution in [0.25, 0.3) is 0 Å². The molecule has 0 bridgehead atoms. The first-order chi connectivity index (χ1) is 14.0. The van der Waals surface area contributed by atoms with Gasteiger partial charge in [0.1, 0.15) is 11.5 Å². The minimum atomic E-state index is -4.04. The van der Waals surface area contributed by atoms with Crippen LogP contribution in [-0.2, 0) is 9.59 Å². The number of ketones is 2. The Morgan fingerprint density at radius 3 is 1.10 bits per heavy atom. The third kappa shape index (κ3) is 4.22. The second-order valence-electron chi connectivity index (χ2n) is 6.15.